The number of rotatable bonds is 4. The predicted octanol–water partition coefficient (Wildman–Crippen LogP) is 2.47. The molecular weight excluding hydrogens is 242 g/mol. The molecule has 19 heavy (non-hydrogen) atoms. The molecular formula is C14H17N3O2. The van der Waals surface area contributed by atoms with Crippen LogP contribution in [0.5, 0.6) is 5.75 Å². The van der Waals surface area contributed by atoms with Gasteiger partial charge in [-0.3, -0.25) is 9.48 Å². The van der Waals surface area contributed by atoms with Gasteiger partial charge in [0.15, 0.2) is 0 Å². The predicted molar refractivity (Wildman–Crippen MR) is 73.6 cm³/mol. The molecule has 0 aliphatic heterocycles. The van der Waals surface area contributed by atoms with Crippen molar-refractivity contribution in [3.8, 4) is 5.75 Å². The van der Waals surface area contributed by atoms with Gasteiger partial charge in [-0.2, -0.15) is 5.10 Å². The standard InChI is InChI=1S/C14H17N3O2/c1-4-17-10(2)13(9-15-17)16-14(18)11-5-7-12(19-3)8-6-11/h5-9H,4H2,1-3H3,(H,16,18). The van der Waals surface area contributed by atoms with E-state index in [1.165, 1.54) is 0 Å². The number of methoxy groups -OCH3 is 1. The quantitative estimate of drug-likeness (QED) is 0.917. The van der Waals surface area contributed by atoms with Crippen molar-refractivity contribution < 1.29 is 9.53 Å². The van der Waals surface area contributed by atoms with E-state index >= 15 is 0 Å². The first-order chi connectivity index (χ1) is 9.15. The third-order valence-corrected chi connectivity index (χ3v) is 3.00. The van der Waals surface area contributed by atoms with E-state index in [9.17, 15) is 4.79 Å². The van der Waals surface area contributed by atoms with Gasteiger partial charge in [0.25, 0.3) is 5.91 Å². The van der Waals surface area contributed by atoms with Crippen LogP contribution in [0, 0.1) is 6.92 Å². The number of benzene rings is 1. The molecule has 2 rings (SSSR count). The number of aryl methyl sites for hydroxylation is 1. The molecule has 0 aliphatic rings. The van der Waals surface area contributed by atoms with Crippen molar-refractivity contribution in [1.29, 1.82) is 0 Å². The lowest BCUT2D eigenvalue weighted by Gasteiger charge is -2.06. The fourth-order valence-corrected chi connectivity index (χ4v) is 1.82. The van der Waals surface area contributed by atoms with Crippen LogP contribution in [0.1, 0.15) is 23.0 Å². The summed E-state index contributed by atoms with van der Waals surface area (Å²) in [6.07, 6.45) is 1.67. The minimum atomic E-state index is -0.151. The second-order valence-electron chi connectivity index (χ2n) is 4.14. The Morgan fingerprint density at radius 1 is 1.37 bits per heavy atom. The van der Waals surface area contributed by atoms with Crippen LogP contribution >= 0.6 is 0 Å². The molecule has 0 radical (unpaired) electrons. The lowest BCUT2D eigenvalue weighted by Crippen LogP contribution is -2.12. The molecule has 5 heteroatoms. The van der Waals surface area contributed by atoms with Crippen molar-refractivity contribution in [3.05, 3.63) is 41.7 Å². The smallest absolute Gasteiger partial charge is 0.255 e. The van der Waals surface area contributed by atoms with Crippen LogP contribution in [-0.4, -0.2) is 22.8 Å². The largest absolute Gasteiger partial charge is 0.497 e. The van der Waals surface area contributed by atoms with Gasteiger partial charge in [-0.05, 0) is 38.1 Å². The number of carbonyl (C=O) groups is 1. The summed E-state index contributed by atoms with van der Waals surface area (Å²) in [6, 6.07) is 6.98. The molecule has 0 bridgehead atoms. The lowest BCUT2D eigenvalue weighted by atomic mass is 10.2. The van der Waals surface area contributed by atoms with Crippen LogP contribution in [0.2, 0.25) is 0 Å². The Hall–Kier alpha value is -2.30. The van der Waals surface area contributed by atoms with Crippen molar-refractivity contribution in [2.45, 2.75) is 20.4 Å². The van der Waals surface area contributed by atoms with Gasteiger partial charge >= 0.3 is 0 Å². The minimum absolute atomic E-state index is 0.151. The number of aromatic nitrogens is 2. The van der Waals surface area contributed by atoms with E-state index < -0.39 is 0 Å². The highest BCUT2D eigenvalue weighted by atomic mass is 16.5. The summed E-state index contributed by atoms with van der Waals surface area (Å²) in [5.74, 6) is 0.577. The number of hydrogen-bond acceptors (Lipinski definition) is 3. The zero-order valence-corrected chi connectivity index (χ0v) is 11.3. The fraction of sp³-hybridized carbons (Fsp3) is 0.286. The summed E-state index contributed by atoms with van der Waals surface area (Å²) >= 11 is 0. The Balaban J connectivity index is 2.13. The van der Waals surface area contributed by atoms with Crippen LogP contribution in [0.15, 0.2) is 30.5 Å². The van der Waals surface area contributed by atoms with E-state index in [1.807, 2.05) is 18.5 Å². The average molecular weight is 259 g/mol. The summed E-state index contributed by atoms with van der Waals surface area (Å²) in [4.78, 5) is 12.1. The highest BCUT2D eigenvalue weighted by Crippen LogP contribution is 2.16. The number of amides is 1. The normalized spacial score (nSPS) is 10.3. The first kappa shape index (κ1) is 13.1. The highest BCUT2D eigenvalue weighted by molar-refractivity contribution is 6.04. The van der Waals surface area contributed by atoms with Gasteiger partial charge < -0.3 is 10.1 Å². The molecule has 0 unspecified atom stereocenters. The number of nitrogens with zero attached hydrogens (tertiary/aromatic N) is 2. The maximum Gasteiger partial charge on any atom is 0.255 e. The summed E-state index contributed by atoms with van der Waals surface area (Å²) < 4.78 is 6.90. The number of ether oxygens (including phenoxy) is 1. The third-order valence-electron chi connectivity index (χ3n) is 3.00. The molecule has 1 aromatic heterocycles. The molecule has 0 atom stereocenters. The van der Waals surface area contributed by atoms with Gasteiger partial charge in [0.1, 0.15) is 5.75 Å². The Kier molecular flexibility index (Phi) is 3.85. The van der Waals surface area contributed by atoms with E-state index in [4.69, 9.17) is 4.74 Å². The van der Waals surface area contributed by atoms with Crippen LogP contribution < -0.4 is 10.1 Å². The Bertz CT molecular complexity index is 573. The van der Waals surface area contributed by atoms with Crippen LogP contribution in [0.4, 0.5) is 5.69 Å². The van der Waals surface area contributed by atoms with Crippen molar-refractivity contribution in [2.75, 3.05) is 12.4 Å². The Morgan fingerprint density at radius 2 is 2.05 bits per heavy atom. The Labute approximate surface area is 112 Å². The maximum absolute atomic E-state index is 12.1. The van der Waals surface area contributed by atoms with Gasteiger partial charge in [-0.25, -0.2) is 0 Å². The maximum atomic E-state index is 12.1. The third kappa shape index (κ3) is 2.76. The second-order valence-corrected chi connectivity index (χ2v) is 4.14. The fourth-order valence-electron chi connectivity index (χ4n) is 1.82. The molecule has 100 valence electrons. The molecule has 1 heterocycles. The minimum Gasteiger partial charge on any atom is -0.497 e. The molecule has 0 fully saturated rings. The molecule has 1 amide bonds. The topological polar surface area (TPSA) is 56.2 Å². The number of carbonyl (C=O) groups excluding carboxylic acids is 1. The van der Waals surface area contributed by atoms with E-state index in [0.29, 0.717) is 5.56 Å². The SMILES string of the molecule is CCn1ncc(NC(=O)c2ccc(OC)cc2)c1C. The monoisotopic (exact) mass is 259 g/mol. The molecule has 0 spiro atoms. The van der Waals surface area contributed by atoms with E-state index in [1.54, 1.807) is 37.6 Å². The first-order valence-electron chi connectivity index (χ1n) is 6.13. The molecule has 5 nitrogen and oxygen atoms in total. The van der Waals surface area contributed by atoms with Gasteiger partial charge in [-0.1, -0.05) is 0 Å². The van der Waals surface area contributed by atoms with Crippen LogP contribution in [-0.2, 0) is 6.54 Å². The number of hydrogen-bond donors (Lipinski definition) is 1. The van der Waals surface area contributed by atoms with Gasteiger partial charge in [0, 0.05) is 12.1 Å². The molecule has 0 aliphatic carbocycles. The number of nitrogens with one attached hydrogen (secondary N) is 1. The van der Waals surface area contributed by atoms with Gasteiger partial charge in [0.05, 0.1) is 24.7 Å². The van der Waals surface area contributed by atoms with Crippen LogP contribution in [0.25, 0.3) is 0 Å². The van der Waals surface area contributed by atoms with Gasteiger partial charge in [0.2, 0.25) is 0 Å². The zero-order chi connectivity index (χ0) is 13.8. The summed E-state index contributed by atoms with van der Waals surface area (Å²) in [6.45, 7) is 4.72. The van der Waals surface area contributed by atoms with Gasteiger partial charge in [-0.15, -0.1) is 0 Å². The summed E-state index contributed by atoms with van der Waals surface area (Å²) in [5, 5.41) is 7.05. The first-order valence-corrected chi connectivity index (χ1v) is 6.13. The van der Waals surface area contributed by atoms with Crippen molar-refractivity contribution >= 4 is 11.6 Å². The zero-order valence-electron chi connectivity index (χ0n) is 11.3. The lowest BCUT2D eigenvalue weighted by molar-refractivity contribution is 0.102. The molecule has 1 aromatic carbocycles. The van der Waals surface area contributed by atoms with Crippen molar-refractivity contribution in [1.82, 2.24) is 9.78 Å². The van der Waals surface area contributed by atoms with Crippen molar-refractivity contribution in [3.63, 3.8) is 0 Å². The summed E-state index contributed by atoms with van der Waals surface area (Å²) in [5.41, 5.74) is 2.27. The van der Waals surface area contributed by atoms with E-state index in [-0.39, 0.29) is 5.91 Å². The highest BCUT2D eigenvalue weighted by Gasteiger charge is 2.10. The van der Waals surface area contributed by atoms with Crippen LogP contribution in [0.3, 0.4) is 0 Å². The molecule has 0 saturated carbocycles. The molecule has 0 saturated heterocycles. The van der Waals surface area contributed by atoms with Crippen molar-refractivity contribution in [2.24, 2.45) is 0 Å². The van der Waals surface area contributed by atoms with E-state index in [0.717, 1.165) is 23.7 Å². The number of anilines is 1. The Morgan fingerprint density at radius 3 is 2.58 bits per heavy atom. The summed E-state index contributed by atoms with van der Waals surface area (Å²) in [7, 11) is 1.59. The second kappa shape index (κ2) is 5.56. The molecule has 1 N–H and O–H groups in total. The van der Waals surface area contributed by atoms with E-state index in [2.05, 4.69) is 10.4 Å². The molecule has 2 aromatic rings. The average Bonchev–Trinajstić information content (AvgIpc) is 2.79.